The van der Waals surface area contributed by atoms with E-state index in [2.05, 4.69) is 21.2 Å². The Kier molecular flexibility index (Phi) is 2.28. The van der Waals surface area contributed by atoms with Crippen molar-refractivity contribution in [1.82, 2.24) is 0 Å². The number of halogens is 2. The van der Waals surface area contributed by atoms with E-state index in [9.17, 15) is 0 Å². The van der Waals surface area contributed by atoms with Gasteiger partial charge >= 0.3 is 0 Å². The van der Waals surface area contributed by atoms with Gasteiger partial charge < -0.3 is 5.32 Å². The van der Waals surface area contributed by atoms with Crippen molar-refractivity contribution in [3.8, 4) is 0 Å². The number of benzene rings is 1. The average Bonchev–Trinajstić information content (AvgIpc) is 2.07. The molecular formula is C9H9BrClN. The van der Waals surface area contributed by atoms with Crippen molar-refractivity contribution in [2.75, 3.05) is 11.9 Å². The van der Waals surface area contributed by atoms with E-state index in [0.29, 0.717) is 4.83 Å². The minimum Gasteiger partial charge on any atom is -0.385 e. The van der Waals surface area contributed by atoms with Gasteiger partial charge in [0.2, 0.25) is 0 Å². The highest BCUT2D eigenvalue weighted by molar-refractivity contribution is 9.09. The standard InChI is InChI=1S/C9H9BrClN/c10-8-3-4-12-9-2-1-6(11)5-7(8)9/h1-2,5,8,12H,3-4H2. The average molecular weight is 247 g/mol. The van der Waals surface area contributed by atoms with E-state index in [1.807, 2.05) is 18.2 Å². The fourth-order valence-corrected chi connectivity index (χ4v) is 2.23. The molecule has 1 aromatic carbocycles. The predicted octanol–water partition coefficient (Wildman–Crippen LogP) is 3.59. The summed E-state index contributed by atoms with van der Waals surface area (Å²) >= 11 is 9.52. The Bertz CT molecular complexity index is 301. The quantitative estimate of drug-likeness (QED) is 0.690. The Hall–Kier alpha value is -0.210. The summed E-state index contributed by atoms with van der Waals surface area (Å²) in [5.41, 5.74) is 2.47. The van der Waals surface area contributed by atoms with Crippen molar-refractivity contribution in [2.24, 2.45) is 0 Å². The molecule has 1 atom stereocenters. The van der Waals surface area contributed by atoms with Crippen LogP contribution in [0.2, 0.25) is 5.02 Å². The number of hydrogen-bond donors (Lipinski definition) is 1. The van der Waals surface area contributed by atoms with E-state index in [1.165, 1.54) is 11.3 Å². The van der Waals surface area contributed by atoms with Crippen molar-refractivity contribution in [2.45, 2.75) is 11.2 Å². The molecule has 1 aliphatic heterocycles. The van der Waals surface area contributed by atoms with Crippen LogP contribution in [0.3, 0.4) is 0 Å². The van der Waals surface area contributed by atoms with Crippen LogP contribution in [0, 0.1) is 0 Å². The molecule has 1 aromatic rings. The molecule has 1 nitrogen and oxygen atoms in total. The van der Waals surface area contributed by atoms with E-state index in [0.717, 1.165) is 18.0 Å². The molecule has 64 valence electrons. The van der Waals surface area contributed by atoms with Gasteiger partial charge in [-0.1, -0.05) is 27.5 Å². The summed E-state index contributed by atoms with van der Waals surface area (Å²) in [5.74, 6) is 0. The molecule has 0 spiro atoms. The third-order valence-corrected chi connectivity index (χ3v) is 3.25. The molecule has 1 heterocycles. The molecule has 1 aliphatic rings. The molecule has 0 aliphatic carbocycles. The van der Waals surface area contributed by atoms with E-state index >= 15 is 0 Å². The number of nitrogens with one attached hydrogen (secondary N) is 1. The number of anilines is 1. The zero-order valence-corrected chi connectivity index (χ0v) is 8.82. The molecule has 3 heteroatoms. The fraction of sp³-hybridized carbons (Fsp3) is 0.333. The van der Waals surface area contributed by atoms with Crippen LogP contribution in [-0.2, 0) is 0 Å². The summed E-state index contributed by atoms with van der Waals surface area (Å²) in [5, 5.41) is 4.14. The SMILES string of the molecule is Clc1ccc2c(c1)C(Br)CCN2. The Morgan fingerprint density at radius 2 is 2.33 bits per heavy atom. The number of fused-ring (bicyclic) bond motifs is 1. The van der Waals surface area contributed by atoms with Crippen LogP contribution in [-0.4, -0.2) is 6.54 Å². The van der Waals surface area contributed by atoms with Crippen LogP contribution in [0.4, 0.5) is 5.69 Å². The molecule has 1 N–H and O–H groups in total. The molecule has 0 fully saturated rings. The lowest BCUT2D eigenvalue weighted by atomic mass is 10.0. The number of hydrogen-bond acceptors (Lipinski definition) is 1. The first-order chi connectivity index (χ1) is 5.77. The first kappa shape index (κ1) is 8.39. The van der Waals surface area contributed by atoms with E-state index in [4.69, 9.17) is 11.6 Å². The minimum absolute atomic E-state index is 0.451. The predicted molar refractivity (Wildman–Crippen MR) is 56.2 cm³/mol. The van der Waals surface area contributed by atoms with Crippen LogP contribution >= 0.6 is 27.5 Å². The number of rotatable bonds is 0. The second kappa shape index (κ2) is 3.27. The lowest BCUT2D eigenvalue weighted by molar-refractivity contribution is 0.822. The topological polar surface area (TPSA) is 12.0 Å². The Balaban J connectivity index is 2.47. The third-order valence-electron chi connectivity index (χ3n) is 2.06. The minimum atomic E-state index is 0.451. The highest BCUT2D eigenvalue weighted by Gasteiger charge is 2.16. The molecule has 0 amide bonds. The van der Waals surface area contributed by atoms with Crippen molar-refractivity contribution in [3.63, 3.8) is 0 Å². The van der Waals surface area contributed by atoms with E-state index < -0.39 is 0 Å². The highest BCUT2D eigenvalue weighted by atomic mass is 79.9. The zero-order chi connectivity index (χ0) is 8.55. The van der Waals surface area contributed by atoms with Gasteiger partial charge in [0.1, 0.15) is 0 Å². The second-order valence-corrected chi connectivity index (χ2v) is 4.46. The largest absolute Gasteiger partial charge is 0.385 e. The van der Waals surface area contributed by atoms with Gasteiger partial charge in [0.15, 0.2) is 0 Å². The van der Waals surface area contributed by atoms with Gasteiger partial charge in [-0.25, -0.2) is 0 Å². The highest BCUT2D eigenvalue weighted by Crippen LogP contribution is 2.36. The van der Waals surface area contributed by atoms with Crippen LogP contribution in [0.5, 0.6) is 0 Å². The molecule has 12 heavy (non-hydrogen) atoms. The molecule has 0 radical (unpaired) electrons. The van der Waals surface area contributed by atoms with Gasteiger partial charge in [0.05, 0.1) is 0 Å². The maximum atomic E-state index is 5.89. The first-order valence-corrected chi connectivity index (χ1v) is 5.24. The molecule has 2 rings (SSSR count). The summed E-state index contributed by atoms with van der Waals surface area (Å²) in [7, 11) is 0. The molecule has 0 bridgehead atoms. The summed E-state index contributed by atoms with van der Waals surface area (Å²) in [6.45, 7) is 1.03. The first-order valence-electron chi connectivity index (χ1n) is 3.95. The van der Waals surface area contributed by atoms with E-state index in [1.54, 1.807) is 0 Å². The molecule has 0 saturated carbocycles. The van der Waals surface area contributed by atoms with Crippen molar-refractivity contribution in [1.29, 1.82) is 0 Å². The number of alkyl halides is 1. The van der Waals surface area contributed by atoms with Gasteiger partial charge in [-0.3, -0.25) is 0 Å². The molecular weight excluding hydrogens is 237 g/mol. The second-order valence-electron chi connectivity index (χ2n) is 2.91. The lowest BCUT2D eigenvalue weighted by Gasteiger charge is -2.22. The van der Waals surface area contributed by atoms with Gasteiger partial charge in [-0.2, -0.15) is 0 Å². The third kappa shape index (κ3) is 1.46. The van der Waals surface area contributed by atoms with Crippen molar-refractivity contribution < 1.29 is 0 Å². The van der Waals surface area contributed by atoms with Gasteiger partial charge in [-0.05, 0) is 30.2 Å². The summed E-state index contributed by atoms with van der Waals surface area (Å²) < 4.78 is 0. The Morgan fingerprint density at radius 3 is 3.17 bits per heavy atom. The van der Waals surface area contributed by atoms with Gasteiger partial charge in [0.25, 0.3) is 0 Å². The molecule has 1 unspecified atom stereocenters. The van der Waals surface area contributed by atoms with Gasteiger partial charge in [-0.15, -0.1) is 0 Å². The Labute approximate surface area is 85.2 Å². The smallest absolute Gasteiger partial charge is 0.0432 e. The van der Waals surface area contributed by atoms with Crippen LogP contribution < -0.4 is 5.32 Å². The van der Waals surface area contributed by atoms with Crippen molar-refractivity contribution in [3.05, 3.63) is 28.8 Å². The maximum absolute atomic E-state index is 5.89. The normalized spacial score (nSPS) is 21.3. The molecule has 0 saturated heterocycles. The lowest BCUT2D eigenvalue weighted by Crippen LogP contribution is -2.13. The summed E-state index contributed by atoms with van der Waals surface area (Å²) in [4.78, 5) is 0.451. The van der Waals surface area contributed by atoms with Crippen molar-refractivity contribution >= 4 is 33.2 Å². The maximum Gasteiger partial charge on any atom is 0.0432 e. The van der Waals surface area contributed by atoms with Crippen LogP contribution in [0.1, 0.15) is 16.8 Å². The summed E-state index contributed by atoms with van der Waals surface area (Å²) in [6, 6.07) is 5.96. The summed E-state index contributed by atoms with van der Waals surface area (Å²) in [6.07, 6.45) is 1.12. The zero-order valence-electron chi connectivity index (χ0n) is 6.48. The van der Waals surface area contributed by atoms with E-state index in [-0.39, 0.29) is 0 Å². The monoisotopic (exact) mass is 245 g/mol. The Morgan fingerprint density at radius 1 is 1.50 bits per heavy atom. The van der Waals surface area contributed by atoms with Gasteiger partial charge in [0, 0.05) is 22.1 Å². The van der Waals surface area contributed by atoms with Crippen LogP contribution in [0.15, 0.2) is 18.2 Å². The fourth-order valence-electron chi connectivity index (χ4n) is 1.44. The van der Waals surface area contributed by atoms with Crippen LogP contribution in [0.25, 0.3) is 0 Å². The molecule has 0 aromatic heterocycles.